The fourth-order valence-electron chi connectivity index (χ4n) is 3.45. The highest BCUT2D eigenvalue weighted by molar-refractivity contribution is 5.20. The van der Waals surface area contributed by atoms with Gasteiger partial charge in [-0.1, -0.05) is 76.5 Å². The highest BCUT2D eigenvalue weighted by Gasteiger charge is 2.20. The fourth-order valence-corrected chi connectivity index (χ4v) is 3.45. The van der Waals surface area contributed by atoms with E-state index in [4.69, 9.17) is 4.74 Å². The Morgan fingerprint density at radius 1 is 0.846 bits per heavy atom. The lowest BCUT2D eigenvalue weighted by Gasteiger charge is -2.31. The average Bonchev–Trinajstić information content (AvgIpc) is 2.62. The monoisotopic (exact) mass is 364 g/mol. The van der Waals surface area contributed by atoms with E-state index in [1.807, 2.05) is 30.3 Å². The molecule has 1 rings (SSSR count). The van der Waals surface area contributed by atoms with E-state index < -0.39 is 6.10 Å². The number of rotatable bonds is 16. The number of quaternary nitrogens is 1. The molecule has 0 aliphatic carbocycles. The van der Waals surface area contributed by atoms with E-state index in [1.165, 1.54) is 64.2 Å². The first-order valence-corrected chi connectivity index (χ1v) is 10.7. The van der Waals surface area contributed by atoms with Crippen molar-refractivity contribution >= 4 is 0 Å². The van der Waals surface area contributed by atoms with Gasteiger partial charge in [-0.05, 0) is 25.0 Å². The SMILES string of the molecule is CCCCCCCCCCCC[N+](C)(C)CC(O)COc1ccccc1. The molecule has 3 nitrogen and oxygen atoms in total. The molecular formula is C23H42NO2+. The third-order valence-corrected chi connectivity index (χ3v) is 5.01. The number of aliphatic hydroxyl groups is 1. The zero-order chi connectivity index (χ0) is 19.1. The van der Waals surface area contributed by atoms with Crippen molar-refractivity contribution in [3.05, 3.63) is 30.3 Å². The van der Waals surface area contributed by atoms with Crippen LogP contribution in [0.25, 0.3) is 0 Å². The maximum Gasteiger partial charge on any atom is 0.137 e. The summed E-state index contributed by atoms with van der Waals surface area (Å²) in [6, 6.07) is 9.72. The maximum absolute atomic E-state index is 10.3. The van der Waals surface area contributed by atoms with Gasteiger partial charge in [0.15, 0.2) is 0 Å². The minimum Gasteiger partial charge on any atom is -0.491 e. The first-order valence-electron chi connectivity index (χ1n) is 10.7. The number of hydrogen-bond donors (Lipinski definition) is 1. The van der Waals surface area contributed by atoms with Crippen molar-refractivity contribution in [2.45, 2.75) is 77.2 Å². The van der Waals surface area contributed by atoms with Crippen molar-refractivity contribution < 1.29 is 14.3 Å². The molecule has 1 unspecified atom stereocenters. The van der Waals surface area contributed by atoms with E-state index in [2.05, 4.69) is 21.0 Å². The molecule has 0 fully saturated rings. The third-order valence-electron chi connectivity index (χ3n) is 5.01. The van der Waals surface area contributed by atoms with Gasteiger partial charge in [0.05, 0.1) is 20.6 Å². The molecule has 3 heteroatoms. The van der Waals surface area contributed by atoms with Gasteiger partial charge in [-0.25, -0.2) is 0 Å². The zero-order valence-corrected chi connectivity index (χ0v) is 17.5. The summed E-state index contributed by atoms with van der Waals surface area (Å²) >= 11 is 0. The van der Waals surface area contributed by atoms with Gasteiger partial charge in [0.2, 0.25) is 0 Å². The lowest BCUT2D eigenvalue weighted by atomic mass is 10.1. The van der Waals surface area contributed by atoms with Gasteiger partial charge in [-0.3, -0.25) is 0 Å². The molecule has 1 atom stereocenters. The number of aliphatic hydroxyl groups excluding tert-OH is 1. The summed E-state index contributed by atoms with van der Waals surface area (Å²) in [5.41, 5.74) is 0. The van der Waals surface area contributed by atoms with Gasteiger partial charge in [-0.2, -0.15) is 0 Å². The van der Waals surface area contributed by atoms with Crippen LogP contribution in [-0.2, 0) is 0 Å². The molecule has 0 heterocycles. The molecule has 1 aromatic carbocycles. The van der Waals surface area contributed by atoms with E-state index in [1.54, 1.807) is 0 Å². The predicted molar refractivity (Wildman–Crippen MR) is 112 cm³/mol. The molecule has 1 aromatic rings. The first-order chi connectivity index (χ1) is 12.5. The average molecular weight is 365 g/mol. The van der Waals surface area contributed by atoms with Gasteiger partial charge in [0.1, 0.15) is 25.0 Å². The molecule has 0 bridgehead atoms. The van der Waals surface area contributed by atoms with Crippen LogP contribution in [-0.4, -0.2) is 49.5 Å². The van der Waals surface area contributed by atoms with Crippen molar-refractivity contribution in [1.29, 1.82) is 0 Å². The van der Waals surface area contributed by atoms with Crippen LogP contribution in [0.1, 0.15) is 71.1 Å². The molecule has 0 aromatic heterocycles. The lowest BCUT2D eigenvalue weighted by Crippen LogP contribution is -2.47. The van der Waals surface area contributed by atoms with Crippen LogP contribution >= 0.6 is 0 Å². The van der Waals surface area contributed by atoms with Crippen LogP contribution in [0, 0.1) is 0 Å². The van der Waals surface area contributed by atoms with Crippen molar-refractivity contribution in [1.82, 2.24) is 0 Å². The molecule has 26 heavy (non-hydrogen) atoms. The summed E-state index contributed by atoms with van der Waals surface area (Å²) in [5.74, 6) is 0.826. The molecule has 0 saturated carbocycles. The van der Waals surface area contributed by atoms with Crippen LogP contribution in [0.5, 0.6) is 5.75 Å². The van der Waals surface area contributed by atoms with Gasteiger partial charge < -0.3 is 14.3 Å². The van der Waals surface area contributed by atoms with Crippen molar-refractivity contribution in [3.63, 3.8) is 0 Å². The summed E-state index contributed by atoms with van der Waals surface area (Å²) in [7, 11) is 4.42. The molecular weight excluding hydrogens is 322 g/mol. The second-order valence-corrected chi connectivity index (χ2v) is 8.30. The van der Waals surface area contributed by atoms with Crippen LogP contribution in [0.2, 0.25) is 0 Å². The molecule has 0 spiro atoms. The van der Waals surface area contributed by atoms with E-state index in [-0.39, 0.29) is 0 Å². The van der Waals surface area contributed by atoms with Gasteiger partial charge >= 0.3 is 0 Å². The summed E-state index contributed by atoms with van der Waals surface area (Å²) in [4.78, 5) is 0. The smallest absolute Gasteiger partial charge is 0.137 e. The molecule has 0 saturated heterocycles. The van der Waals surface area contributed by atoms with E-state index in [0.717, 1.165) is 23.3 Å². The van der Waals surface area contributed by atoms with Gasteiger partial charge in [-0.15, -0.1) is 0 Å². The maximum atomic E-state index is 10.3. The Kier molecular flexibility index (Phi) is 12.4. The third kappa shape index (κ3) is 12.3. The van der Waals surface area contributed by atoms with E-state index in [0.29, 0.717) is 6.61 Å². The number of benzene rings is 1. The largest absolute Gasteiger partial charge is 0.491 e. The molecule has 0 aliphatic heterocycles. The lowest BCUT2D eigenvalue weighted by molar-refractivity contribution is -0.893. The Morgan fingerprint density at radius 2 is 1.38 bits per heavy atom. The number of hydrogen-bond acceptors (Lipinski definition) is 2. The molecule has 0 aliphatic rings. The van der Waals surface area contributed by atoms with Gasteiger partial charge in [0.25, 0.3) is 0 Å². The summed E-state index contributed by atoms with van der Waals surface area (Å²) in [6.07, 6.45) is 13.2. The summed E-state index contributed by atoms with van der Waals surface area (Å²) in [6.45, 7) is 4.50. The van der Waals surface area contributed by atoms with Crippen LogP contribution in [0.3, 0.4) is 0 Å². The number of ether oxygens (including phenoxy) is 1. The minimum atomic E-state index is -0.423. The van der Waals surface area contributed by atoms with E-state index in [9.17, 15) is 5.11 Å². The highest BCUT2D eigenvalue weighted by Crippen LogP contribution is 2.13. The summed E-state index contributed by atoms with van der Waals surface area (Å²) < 4.78 is 6.52. The second-order valence-electron chi connectivity index (χ2n) is 8.30. The molecule has 0 amide bonds. The number of para-hydroxylation sites is 1. The van der Waals surface area contributed by atoms with Gasteiger partial charge in [0, 0.05) is 0 Å². The van der Waals surface area contributed by atoms with E-state index >= 15 is 0 Å². The number of nitrogens with zero attached hydrogens (tertiary/aromatic N) is 1. The quantitative estimate of drug-likeness (QED) is 0.313. The number of likely N-dealkylation sites (N-methyl/N-ethyl adjacent to an activating group) is 1. The van der Waals surface area contributed by atoms with Crippen molar-refractivity contribution in [3.8, 4) is 5.75 Å². The Hall–Kier alpha value is -1.06. The topological polar surface area (TPSA) is 29.5 Å². The summed E-state index contributed by atoms with van der Waals surface area (Å²) in [5, 5.41) is 10.3. The Balaban J connectivity index is 2.02. The van der Waals surface area contributed by atoms with Crippen LogP contribution < -0.4 is 4.74 Å². The van der Waals surface area contributed by atoms with Crippen LogP contribution in [0.15, 0.2) is 30.3 Å². The Labute approximate surface area is 162 Å². The second kappa shape index (κ2) is 14.1. The van der Waals surface area contributed by atoms with Crippen LogP contribution in [0.4, 0.5) is 0 Å². The highest BCUT2D eigenvalue weighted by atomic mass is 16.5. The normalized spacial score (nSPS) is 12.9. The predicted octanol–water partition coefficient (Wildman–Crippen LogP) is 5.42. The minimum absolute atomic E-state index is 0.365. The standard InChI is InChI=1S/C23H42NO2/c1-4-5-6-7-8-9-10-11-12-16-19-24(2,3)20-22(25)21-26-23-17-14-13-15-18-23/h13-15,17-18,22,25H,4-12,16,19-21H2,1-3H3/q+1. The molecule has 150 valence electrons. The molecule has 1 N–H and O–H groups in total. The van der Waals surface area contributed by atoms with Crippen molar-refractivity contribution in [2.24, 2.45) is 0 Å². The zero-order valence-electron chi connectivity index (χ0n) is 17.5. The number of unbranched alkanes of at least 4 members (excludes halogenated alkanes) is 9. The Bertz CT molecular complexity index is 433. The fraction of sp³-hybridized carbons (Fsp3) is 0.739. The van der Waals surface area contributed by atoms with Crippen molar-refractivity contribution in [2.75, 3.05) is 33.8 Å². The Morgan fingerprint density at radius 3 is 1.96 bits per heavy atom. The first kappa shape index (κ1) is 23.0. The molecule has 0 radical (unpaired) electrons.